The summed E-state index contributed by atoms with van der Waals surface area (Å²) in [7, 11) is 1.59. The number of rotatable bonds is 3. The molecule has 1 fully saturated rings. The standard InChI is InChI=1S/C12H14BrFN2O2/c1-18-11-6-15-5-10(11)16-12(17)8-3-2-7(13)4-9(8)14/h2-4,10-11,15H,5-6H2,1H3,(H,16,17)/t10?,11-/m1/s1. The minimum atomic E-state index is -0.540. The van der Waals surface area contributed by atoms with Crippen LogP contribution in [0.15, 0.2) is 22.7 Å². The van der Waals surface area contributed by atoms with Crippen molar-refractivity contribution in [3.63, 3.8) is 0 Å². The van der Waals surface area contributed by atoms with E-state index in [2.05, 4.69) is 26.6 Å². The first kappa shape index (κ1) is 13.5. The Balaban J connectivity index is 2.07. The van der Waals surface area contributed by atoms with E-state index >= 15 is 0 Å². The van der Waals surface area contributed by atoms with Crippen molar-refractivity contribution >= 4 is 21.8 Å². The molecule has 0 saturated carbocycles. The zero-order valence-electron chi connectivity index (χ0n) is 9.87. The number of hydrogen-bond donors (Lipinski definition) is 2. The molecule has 0 radical (unpaired) electrons. The average molecular weight is 317 g/mol. The van der Waals surface area contributed by atoms with Gasteiger partial charge in [-0.1, -0.05) is 15.9 Å². The number of hydrogen-bond acceptors (Lipinski definition) is 3. The van der Waals surface area contributed by atoms with E-state index in [0.29, 0.717) is 17.6 Å². The van der Waals surface area contributed by atoms with Crippen LogP contribution >= 0.6 is 15.9 Å². The summed E-state index contributed by atoms with van der Waals surface area (Å²) in [6, 6.07) is 4.23. The molecule has 1 aromatic rings. The Morgan fingerprint density at radius 3 is 3.00 bits per heavy atom. The van der Waals surface area contributed by atoms with Gasteiger partial charge >= 0.3 is 0 Å². The third kappa shape index (κ3) is 2.88. The van der Waals surface area contributed by atoms with E-state index in [1.165, 1.54) is 12.1 Å². The van der Waals surface area contributed by atoms with Crippen LogP contribution in [-0.2, 0) is 4.74 Å². The predicted octanol–water partition coefficient (Wildman–Crippen LogP) is 1.30. The topological polar surface area (TPSA) is 50.4 Å². The van der Waals surface area contributed by atoms with Crippen LogP contribution in [0.25, 0.3) is 0 Å². The van der Waals surface area contributed by atoms with Gasteiger partial charge in [0, 0.05) is 24.7 Å². The van der Waals surface area contributed by atoms with Crippen molar-refractivity contribution in [2.24, 2.45) is 0 Å². The maximum absolute atomic E-state index is 13.6. The Morgan fingerprint density at radius 1 is 1.56 bits per heavy atom. The Hall–Kier alpha value is -0.980. The van der Waals surface area contributed by atoms with E-state index in [0.717, 1.165) is 0 Å². The van der Waals surface area contributed by atoms with Gasteiger partial charge in [-0.3, -0.25) is 4.79 Å². The van der Waals surface area contributed by atoms with Crippen molar-refractivity contribution in [3.8, 4) is 0 Å². The molecule has 2 N–H and O–H groups in total. The van der Waals surface area contributed by atoms with Gasteiger partial charge in [0.15, 0.2) is 0 Å². The van der Waals surface area contributed by atoms with Crippen LogP contribution in [0.1, 0.15) is 10.4 Å². The molecule has 0 bridgehead atoms. The van der Waals surface area contributed by atoms with Gasteiger partial charge in [-0.2, -0.15) is 0 Å². The van der Waals surface area contributed by atoms with Gasteiger partial charge < -0.3 is 15.4 Å². The molecule has 0 spiro atoms. The van der Waals surface area contributed by atoms with Crippen molar-refractivity contribution in [1.29, 1.82) is 0 Å². The molecular weight excluding hydrogens is 303 g/mol. The first-order valence-electron chi connectivity index (χ1n) is 5.61. The Bertz CT molecular complexity index is 456. The zero-order chi connectivity index (χ0) is 13.1. The molecule has 2 rings (SSSR count). The van der Waals surface area contributed by atoms with E-state index in [4.69, 9.17) is 4.74 Å². The minimum Gasteiger partial charge on any atom is -0.378 e. The summed E-state index contributed by atoms with van der Waals surface area (Å²) in [5.41, 5.74) is 0.0416. The van der Waals surface area contributed by atoms with E-state index in [9.17, 15) is 9.18 Å². The van der Waals surface area contributed by atoms with Crippen molar-refractivity contribution < 1.29 is 13.9 Å². The van der Waals surface area contributed by atoms with Crippen molar-refractivity contribution in [2.75, 3.05) is 20.2 Å². The normalized spacial score (nSPS) is 23.1. The fraction of sp³-hybridized carbons (Fsp3) is 0.417. The van der Waals surface area contributed by atoms with Crippen molar-refractivity contribution in [3.05, 3.63) is 34.1 Å². The minimum absolute atomic E-state index is 0.0416. The highest BCUT2D eigenvalue weighted by molar-refractivity contribution is 9.10. The van der Waals surface area contributed by atoms with Crippen LogP contribution in [0, 0.1) is 5.82 Å². The molecule has 1 heterocycles. The Kier molecular flexibility index (Phi) is 4.31. The smallest absolute Gasteiger partial charge is 0.254 e. The SMILES string of the molecule is CO[C@@H]1CNCC1NC(=O)c1ccc(Br)cc1F. The molecule has 98 valence electrons. The summed E-state index contributed by atoms with van der Waals surface area (Å²) < 4.78 is 19.5. The van der Waals surface area contributed by atoms with Crippen LogP contribution in [0.5, 0.6) is 0 Å². The van der Waals surface area contributed by atoms with E-state index in [-0.39, 0.29) is 17.7 Å². The van der Waals surface area contributed by atoms with Gasteiger partial charge in [0.2, 0.25) is 0 Å². The molecule has 18 heavy (non-hydrogen) atoms. The second-order valence-electron chi connectivity index (χ2n) is 4.14. The molecule has 1 unspecified atom stereocenters. The molecule has 1 saturated heterocycles. The summed E-state index contributed by atoms with van der Waals surface area (Å²) in [6.45, 7) is 1.31. The van der Waals surface area contributed by atoms with Crippen molar-refractivity contribution in [2.45, 2.75) is 12.1 Å². The molecule has 0 aliphatic carbocycles. The number of ether oxygens (including phenoxy) is 1. The number of nitrogens with one attached hydrogen (secondary N) is 2. The first-order chi connectivity index (χ1) is 8.61. The van der Waals surface area contributed by atoms with Crippen molar-refractivity contribution in [1.82, 2.24) is 10.6 Å². The lowest BCUT2D eigenvalue weighted by molar-refractivity contribution is 0.0777. The fourth-order valence-corrected chi connectivity index (χ4v) is 2.30. The lowest BCUT2D eigenvalue weighted by atomic mass is 10.1. The van der Waals surface area contributed by atoms with Gasteiger partial charge in [0.25, 0.3) is 5.91 Å². The highest BCUT2D eigenvalue weighted by Gasteiger charge is 2.28. The monoisotopic (exact) mass is 316 g/mol. The van der Waals surface area contributed by atoms with E-state index in [1.807, 2.05) is 0 Å². The van der Waals surface area contributed by atoms with E-state index in [1.54, 1.807) is 13.2 Å². The molecule has 1 amide bonds. The van der Waals surface area contributed by atoms with E-state index < -0.39 is 11.7 Å². The second-order valence-corrected chi connectivity index (χ2v) is 5.05. The number of methoxy groups -OCH3 is 1. The van der Waals surface area contributed by atoms with Crippen LogP contribution < -0.4 is 10.6 Å². The molecule has 1 aliphatic heterocycles. The maximum Gasteiger partial charge on any atom is 0.254 e. The average Bonchev–Trinajstić information content (AvgIpc) is 2.76. The lowest BCUT2D eigenvalue weighted by Gasteiger charge is -2.18. The van der Waals surface area contributed by atoms with Gasteiger partial charge in [-0.05, 0) is 18.2 Å². The van der Waals surface area contributed by atoms with Gasteiger partial charge in [0.05, 0.1) is 17.7 Å². The Labute approximate surface area is 113 Å². The van der Waals surface area contributed by atoms with Gasteiger partial charge in [-0.25, -0.2) is 4.39 Å². The summed E-state index contributed by atoms with van der Waals surface area (Å²) in [6.07, 6.45) is -0.0764. The molecule has 6 heteroatoms. The van der Waals surface area contributed by atoms with Crippen LogP contribution in [-0.4, -0.2) is 38.3 Å². The van der Waals surface area contributed by atoms with Gasteiger partial charge in [-0.15, -0.1) is 0 Å². The summed E-state index contributed by atoms with van der Waals surface area (Å²) in [5.74, 6) is -0.961. The fourth-order valence-electron chi connectivity index (χ4n) is 1.97. The number of carbonyl (C=O) groups is 1. The summed E-state index contributed by atoms with van der Waals surface area (Å²) in [5, 5.41) is 5.89. The zero-order valence-corrected chi connectivity index (χ0v) is 11.5. The van der Waals surface area contributed by atoms with Crippen LogP contribution in [0.4, 0.5) is 4.39 Å². The maximum atomic E-state index is 13.6. The molecule has 1 aliphatic rings. The first-order valence-corrected chi connectivity index (χ1v) is 6.40. The summed E-state index contributed by atoms with van der Waals surface area (Å²) >= 11 is 3.15. The molecule has 4 nitrogen and oxygen atoms in total. The third-order valence-corrected chi connectivity index (χ3v) is 3.45. The number of carbonyl (C=O) groups excluding carboxylic acids is 1. The highest BCUT2D eigenvalue weighted by atomic mass is 79.9. The van der Waals surface area contributed by atoms with Crippen LogP contribution in [0.2, 0.25) is 0 Å². The van der Waals surface area contributed by atoms with Crippen LogP contribution in [0.3, 0.4) is 0 Å². The van der Waals surface area contributed by atoms with Gasteiger partial charge in [0.1, 0.15) is 5.82 Å². The lowest BCUT2D eigenvalue weighted by Crippen LogP contribution is -2.43. The largest absolute Gasteiger partial charge is 0.378 e. The second kappa shape index (κ2) is 5.77. The number of benzene rings is 1. The molecule has 0 aromatic heterocycles. The summed E-state index contributed by atoms with van der Waals surface area (Å²) in [4.78, 5) is 11.9. The highest BCUT2D eigenvalue weighted by Crippen LogP contribution is 2.15. The number of halogens is 2. The molecular formula is C12H14BrFN2O2. The quantitative estimate of drug-likeness (QED) is 0.884. The predicted molar refractivity (Wildman–Crippen MR) is 69.0 cm³/mol. The number of amides is 1. The third-order valence-electron chi connectivity index (χ3n) is 2.95. The Morgan fingerprint density at radius 2 is 2.33 bits per heavy atom. The molecule has 2 atom stereocenters. The molecule has 1 aromatic carbocycles.